The topological polar surface area (TPSA) is 78.7 Å². The van der Waals surface area contributed by atoms with Crippen LogP contribution in [-0.4, -0.2) is 37.5 Å². The van der Waals surface area contributed by atoms with E-state index in [1.165, 1.54) is 6.26 Å². The Hall–Kier alpha value is -2.24. The smallest absolute Gasteiger partial charge is 0.287 e. The van der Waals surface area contributed by atoms with E-state index in [4.69, 9.17) is 4.42 Å². The summed E-state index contributed by atoms with van der Waals surface area (Å²) < 4.78 is 5.02. The number of nitrogens with zero attached hydrogens (tertiary/aromatic N) is 1. The zero-order chi connectivity index (χ0) is 14.9. The van der Waals surface area contributed by atoms with Crippen LogP contribution in [0, 0.1) is 0 Å². The highest BCUT2D eigenvalue weighted by Gasteiger charge is 2.11. The van der Waals surface area contributed by atoms with Crippen LogP contribution in [0.25, 0.3) is 0 Å². The SMILES string of the molecule is CCNC(=NCCNC(=O)c1ccco1)NC1CC=CC1. The normalized spacial score (nSPS) is 15.2. The Kier molecular flexibility index (Phi) is 5.87. The van der Waals surface area contributed by atoms with Crippen LogP contribution in [-0.2, 0) is 0 Å². The van der Waals surface area contributed by atoms with Crippen molar-refractivity contribution in [3.05, 3.63) is 36.3 Å². The molecule has 0 atom stereocenters. The molecular weight excluding hydrogens is 268 g/mol. The van der Waals surface area contributed by atoms with Crippen molar-refractivity contribution in [3.63, 3.8) is 0 Å². The lowest BCUT2D eigenvalue weighted by molar-refractivity contribution is 0.0927. The van der Waals surface area contributed by atoms with Gasteiger partial charge in [-0.1, -0.05) is 12.2 Å². The van der Waals surface area contributed by atoms with Crippen LogP contribution >= 0.6 is 0 Å². The maximum Gasteiger partial charge on any atom is 0.287 e. The molecule has 2 rings (SSSR count). The van der Waals surface area contributed by atoms with E-state index in [-0.39, 0.29) is 5.91 Å². The third-order valence-corrected chi connectivity index (χ3v) is 3.11. The number of guanidine groups is 1. The molecule has 0 spiro atoms. The summed E-state index contributed by atoms with van der Waals surface area (Å²) in [5.41, 5.74) is 0. The molecule has 0 fully saturated rings. The first-order valence-corrected chi connectivity index (χ1v) is 7.31. The zero-order valence-electron chi connectivity index (χ0n) is 12.3. The van der Waals surface area contributed by atoms with Crippen LogP contribution in [0.5, 0.6) is 0 Å². The molecule has 0 saturated heterocycles. The summed E-state index contributed by atoms with van der Waals surface area (Å²) in [5.74, 6) is 0.896. The summed E-state index contributed by atoms with van der Waals surface area (Å²) in [6.07, 6.45) is 7.88. The molecule has 0 saturated carbocycles. The van der Waals surface area contributed by atoms with Crippen LogP contribution in [0.1, 0.15) is 30.3 Å². The summed E-state index contributed by atoms with van der Waals surface area (Å²) >= 11 is 0. The maximum atomic E-state index is 11.7. The third-order valence-electron chi connectivity index (χ3n) is 3.11. The van der Waals surface area contributed by atoms with Crippen molar-refractivity contribution in [1.29, 1.82) is 0 Å². The lowest BCUT2D eigenvalue weighted by Gasteiger charge is -2.16. The summed E-state index contributed by atoms with van der Waals surface area (Å²) in [7, 11) is 0. The van der Waals surface area contributed by atoms with Crippen LogP contribution < -0.4 is 16.0 Å². The molecule has 0 unspecified atom stereocenters. The monoisotopic (exact) mass is 290 g/mol. The quantitative estimate of drug-likeness (QED) is 0.319. The fourth-order valence-electron chi connectivity index (χ4n) is 2.08. The van der Waals surface area contributed by atoms with Crippen LogP contribution in [0.3, 0.4) is 0 Å². The van der Waals surface area contributed by atoms with Gasteiger partial charge in [0.15, 0.2) is 11.7 Å². The molecule has 0 aliphatic heterocycles. The first-order valence-electron chi connectivity index (χ1n) is 7.31. The van der Waals surface area contributed by atoms with Crippen molar-refractivity contribution in [2.45, 2.75) is 25.8 Å². The van der Waals surface area contributed by atoms with Gasteiger partial charge < -0.3 is 20.4 Å². The third kappa shape index (κ3) is 4.98. The number of carbonyl (C=O) groups excluding carboxylic acids is 1. The van der Waals surface area contributed by atoms with E-state index in [0.717, 1.165) is 25.3 Å². The second-order valence-corrected chi connectivity index (χ2v) is 4.78. The lowest BCUT2D eigenvalue weighted by Crippen LogP contribution is -2.42. The minimum Gasteiger partial charge on any atom is -0.459 e. The van der Waals surface area contributed by atoms with Gasteiger partial charge in [-0.05, 0) is 31.9 Å². The molecule has 0 radical (unpaired) electrons. The molecular formula is C15H22N4O2. The summed E-state index contributed by atoms with van der Waals surface area (Å²) in [6.45, 7) is 3.83. The Labute approximate surface area is 124 Å². The van der Waals surface area contributed by atoms with E-state index >= 15 is 0 Å². The molecule has 1 aliphatic rings. The minimum atomic E-state index is -0.215. The number of furan rings is 1. The van der Waals surface area contributed by atoms with Crippen molar-refractivity contribution in [1.82, 2.24) is 16.0 Å². The van der Waals surface area contributed by atoms with Crippen molar-refractivity contribution in [2.24, 2.45) is 4.99 Å². The number of nitrogens with one attached hydrogen (secondary N) is 3. The molecule has 0 bridgehead atoms. The molecule has 1 heterocycles. The van der Waals surface area contributed by atoms with Crippen LogP contribution in [0.4, 0.5) is 0 Å². The van der Waals surface area contributed by atoms with E-state index in [2.05, 4.69) is 33.1 Å². The van der Waals surface area contributed by atoms with Gasteiger partial charge in [0.25, 0.3) is 5.91 Å². The molecule has 6 heteroatoms. The second-order valence-electron chi connectivity index (χ2n) is 4.78. The van der Waals surface area contributed by atoms with E-state index < -0.39 is 0 Å². The summed E-state index contributed by atoms with van der Waals surface area (Å²) in [4.78, 5) is 16.1. The van der Waals surface area contributed by atoms with E-state index in [1.807, 2.05) is 6.92 Å². The minimum absolute atomic E-state index is 0.215. The number of amides is 1. The van der Waals surface area contributed by atoms with Gasteiger partial charge in [0.2, 0.25) is 0 Å². The summed E-state index contributed by atoms with van der Waals surface area (Å²) in [5, 5.41) is 9.35. The van der Waals surface area contributed by atoms with E-state index in [0.29, 0.717) is 24.9 Å². The Balaban J connectivity index is 1.72. The fourth-order valence-corrected chi connectivity index (χ4v) is 2.08. The Morgan fingerprint density at radius 3 is 2.86 bits per heavy atom. The van der Waals surface area contributed by atoms with Gasteiger partial charge >= 0.3 is 0 Å². The molecule has 1 aliphatic carbocycles. The van der Waals surface area contributed by atoms with E-state index in [1.54, 1.807) is 12.1 Å². The number of hydrogen-bond acceptors (Lipinski definition) is 3. The van der Waals surface area contributed by atoms with Gasteiger partial charge in [0.1, 0.15) is 0 Å². The first-order chi connectivity index (χ1) is 10.3. The van der Waals surface area contributed by atoms with Crippen LogP contribution in [0.2, 0.25) is 0 Å². The van der Waals surface area contributed by atoms with Gasteiger partial charge in [-0.3, -0.25) is 9.79 Å². The predicted molar refractivity (Wildman–Crippen MR) is 82.3 cm³/mol. The first kappa shape index (κ1) is 15.2. The highest BCUT2D eigenvalue weighted by molar-refractivity contribution is 5.91. The van der Waals surface area contributed by atoms with Crippen molar-refractivity contribution >= 4 is 11.9 Å². The molecule has 6 nitrogen and oxygen atoms in total. The molecule has 1 aromatic heterocycles. The molecule has 0 aromatic carbocycles. The average Bonchev–Trinajstić information content (AvgIpc) is 3.16. The zero-order valence-corrected chi connectivity index (χ0v) is 12.3. The highest BCUT2D eigenvalue weighted by atomic mass is 16.3. The fraction of sp³-hybridized carbons (Fsp3) is 0.467. The number of hydrogen-bond donors (Lipinski definition) is 3. The van der Waals surface area contributed by atoms with Crippen LogP contribution in [0.15, 0.2) is 40.0 Å². The largest absolute Gasteiger partial charge is 0.459 e. The average molecular weight is 290 g/mol. The van der Waals surface area contributed by atoms with Crippen molar-refractivity contribution in [3.8, 4) is 0 Å². The Morgan fingerprint density at radius 1 is 1.38 bits per heavy atom. The lowest BCUT2D eigenvalue weighted by atomic mass is 10.2. The number of rotatable bonds is 6. The molecule has 1 aromatic rings. The summed E-state index contributed by atoms with van der Waals surface area (Å²) in [6, 6.07) is 3.74. The maximum absolute atomic E-state index is 11.7. The highest BCUT2D eigenvalue weighted by Crippen LogP contribution is 2.08. The molecule has 1 amide bonds. The number of aliphatic imine (C=N–C) groups is 1. The molecule has 114 valence electrons. The van der Waals surface area contributed by atoms with Crippen molar-refractivity contribution in [2.75, 3.05) is 19.6 Å². The molecule has 21 heavy (non-hydrogen) atoms. The van der Waals surface area contributed by atoms with Gasteiger partial charge in [-0.2, -0.15) is 0 Å². The Morgan fingerprint density at radius 2 is 2.19 bits per heavy atom. The molecule has 3 N–H and O–H groups in total. The second kappa shape index (κ2) is 8.14. The van der Waals surface area contributed by atoms with Crippen molar-refractivity contribution < 1.29 is 9.21 Å². The van der Waals surface area contributed by atoms with Gasteiger partial charge in [-0.15, -0.1) is 0 Å². The Bertz CT molecular complexity index is 486. The predicted octanol–water partition coefficient (Wildman–Crippen LogP) is 1.28. The standard InChI is InChI=1S/C15H22N4O2/c1-2-16-15(19-12-6-3-4-7-12)18-10-9-17-14(20)13-8-5-11-21-13/h3-5,8,11-12H,2,6-7,9-10H2,1H3,(H,17,20)(H2,16,18,19). The van der Waals surface area contributed by atoms with E-state index in [9.17, 15) is 4.79 Å². The van der Waals surface area contributed by atoms with Gasteiger partial charge in [0, 0.05) is 19.1 Å². The number of carbonyl (C=O) groups is 1. The van der Waals surface area contributed by atoms with Gasteiger partial charge in [0.05, 0.1) is 12.8 Å². The van der Waals surface area contributed by atoms with Gasteiger partial charge in [-0.25, -0.2) is 0 Å².